The molecule has 0 amide bonds. The van der Waals surface area contributed by atoms with Crippen molar-refractivity contribution in [3.8, 4) is 0 Å². The Morgan fingerprint density at radius 1 is 1.00 bits per heavy atom. The van der Waals surface area contributed by atoms with E-state index in [1.807, 2.05) is 0 Å². The number of hydrogen-bond donors (Lipinski definition) is 2. The predicted molar refractivity (Wildman–Crippen MR) is 71.6 cm³/mol. The van der Waals surface area contributed by atoms with Crippen molar-refractivity contribution in [1.82, 2.24) is 5.43 Å². The molecular formula is C15H14F4N2. The molecule has 0 radical (unpaired) electrons. The largest absolute Gasteiger partial charge is 0.416 e. The fraction of sp³-hybridized carbons (Fsp3) is 0.200. The molecule has 21 heavy (non-hydrogen) atoms. The van der Waals surface area contributed by atoms with Crippen molar-refractivity contribution in [3.05, 3.63) is 71.0 Å². The zero-order valence-corrected chi connectivity index (χ0v) is 11.0. The molecule has 1 unspecified atom stereocenters. The van der Waals surface area contributed by atoms with Gasteiger partial charge in [-0.15, -0.1) is 0 Å². The van der Waals surface area contributed by atoms with E-state index in [2.05, 4.69) is 5.43 Å². The second-order valence-corrected chi connectivity index (χ2v) is 4.60. The van der Waals surface area contributed by atoms with Crippen LogP contribution < -0.4 is 11.3 Å². The van der Waals surface area contributed by atoms with Gasteiger partial charge in [-0.05, 0) is 29.7 Å². The van der Waals surface area contributed by atoms with Crippen LogP contribution in [-0.2, 0) is 12.6 Å². The molecule has 0 saturated heterocycles. The lowest BCUT2D eigenvalue weighted by Crippen LogP contribution is -2.31. The Morgan fingerprint density at radius 3 is 2.24 bits per heavy atom. The Labute approximate surface area is 119 Å². The summed E-state index contributed by atoms with van der Waals surface area (Å²) in [5, 5.41) is 0. The summed E-state index contributed by atoms with van der Waals surface area (Å²) in [6.07, 6.45) is -4.46. The molecule has 0 aliphatic carbocycles. The first-order valence-corrected chi connectivity index (χ1v) is 6.29. The highest BCUT2D eigenvalue weighted by Crippen LogP contribution is 2.35. The summed E-state index contributed by atoms with van der Waals surface area (Å²) < 4.78 is 52.7. The maximum absolute atomic E-state index is 13.6. The fourth-order valence-corrected chi connectivity index (χ4v) is 2.20. The SMILES string of the molecule is NNC(Cc1ccccc1F)c1ccccc1C(F)(F)F. The van der Waals surface area contributed by atoms with Gasteiger partial charge in [0.2, 0.25) is 0 Å². The monoisotopic (exact) mass is 298 g/mol. The zero-order chi connectivity index (χ0) is 15.5. The number of nitrogens with one attached hydrogen (secondary N) is 1. The number of hydrazine groups is 1. The molecular weight excluding hydrogens is 284 g/mol. The first-order chi connectivity index (χ1) is 9.93. The average Bonchev–Trinajstić information content (AvgIpc) is 2.45. The minimum Gasteiger partial charge on any atom is -0.271 e. The lowest BCUT2D eigenvalue weighted by Gasteiger charge is -2.21. The van der Waals surface area contributed by atoms with Gasteiger partial charge in [-0.2, -0.15) is 13.2 Å². The van der Waals surface area contributed by atoms with Gasteiger partial charge in [-0.1, -0.05) is 36.4 Å². The van der Waals surface area contributed by atoms with Crippen molar-refractivity contribution in [2.45, 2.75) is 18.6 Å². The van der Waals surface area contributed by atoms with E-state index in [0.29, 0.717) is 5.56 Å². The van der Waals surface area contributed by atoms with Crippen molar-refractivity contribution < 1.29 is 17.6 Å². The summed E-state index contributed by atoms with van der Waals surface area (Å²) in [5.74, 6) is 4.90. The Hall–Kier alpha value is -1.92. The average molecular weight is 298 g/mol. The van der Waals surface area contributed by atoms with E-state index in [4.69, 9.17) is 5.84 Å². The van der Waals surface area contributed by atoms with Crippen LogP contribution in [0.15, 0.2) is 48.5 Å². The molecule has 2 nitrogen and oxygen atoms in total. The third-order valence-electron chi connectivity index (χ3n) is 3.22. The maximum atomic E-state index is 13.6. The molecule has 0 fully saturated rings. The predicted octanol–water partition coefficient (Wildman–Crippen LogP) is 3.59. The van der Waals surface area contributed by atoms with Crippen molar-refractivity contribution in [1.29, 1.82) is 0 Å². The van der Waals surface area contributed by atoms with Crippen LogP contribution in [0.3, 0.4) is 0 Å². The van der Waals surface area contributed by atoms with Gasteiger partial charge in [0, 0.05) is 0 Å². The van der Waals surface area contributed by atoms with E-state index in [-0.39, 0.29) is 12.0 Å². The Morgan fingerprint density at radius 2 is 1.62 bits per heavy atom. The number of nitrogens with two attached hydrogens (primary N) is 1. The van der Waals surface area contributed by atoms with Gasteiger partial charge in [0.15, 0.2) is 0 Å². The van der Waals surface area contributed by atoms with Crippen molar-refractivity contribution >= 4 is 0 Å². The summed E-state index contributed by atoms with van der Waals surface area (Å²) in [4.78, 5) is 0. The molecule has 0 saturated carbocycles. The lowest BCUT2D eigenvalue weighted by molar-refractivity contribution is -0.138. The summed E-state index contributed by atoms with van der Waals surface area (Å²) in [6, 6.07) is 10.2. The van der Waals surface area contributed by atoms with Gasteiger partial charge in [0.05, 0.1) is 11.6 Å². The molecule has 2 aromatic carbocycles. The van der Waals surface area contributed by atoms with E-state index in [9.17, 15) is 17.6 Å². The topological polar surface area (TPSA) is 38.0 Å². The molecule has 0 aromatic heterocycles. The molecule has 0 aliphatic rings. The van der Waals surface area contributed by atoms with Gasteiger partial charge < -0.3 is 0 Å². The quantitative estimate of drug-likeness (QED) is 0.514. The molecule has 2 rings (SSSR count). The van der Waals surface area contributed by atoms with Crippen molar-refractivity contribution in [2.24, 2.45) is 5.84 Å². The van der Waals surface area contributed by atoms with Gasteiger partial charge >= 0.3 is 6.18 Å². The normalized spacial score (nSPS) is 13.2. The Balaban J connectivity index is 2.37. The van der Waals surface area contributed by atoms with E-state index < -0.39 is 23.6 Å². The van der Waals surface area contributed by atoms with Gasteiger partial charge in [-0.3, -0.25) is 11.3 Å². The number of alkyl halides is 3. The lowest BCUT2D eigenvalue weighted by atomic mass is 9.94. The third kappa shape index (κ3) is 3.59. The van der Waals surface area contributed by atoms with Gasteiger partial charge in [0.1, 0.15) is 5.82 Å². The molecule has 0 spiro atoms. The minimum atomic E-state index is -4.49. The standard InChI is InChI=1S/C15H14F4N2/c16-13-8-4-1-5-10(13)9-14(21-20)11-6-2-3-7-12(11)15(17,18)19/h1-8,14,21H,9,20H2. The maximum Gasteiger partial charge on any atom is 0.416 e. The van der Waals surface area contributed by atoms with Crippen LogP contribution in [0, 0.1) is 5.82 Å². The van der Waals surface area contributed by atoms with E-state index >= 15 is 0 Å². The van der Waals surface area contributed by atoms with Crippen LogP contribution in [0.2, 0.25) is 0 Å². The number of hydrogen-bond acceptors (Lipinski definition) is 2. The highest BCUT2D eigenvalue weighted by molar-refractivity contribution is 5.34. The van der Waals surface area contributed by atoms with Crippen LogP contribution in [0.4, 0.5) is 17.6 Å². The summed E-state index contributed by atoms with van der Waals surface area (Å²) in [6.45, 7) is 0. The van der Waals surface area contributed by atoms with Crippen LogP contribution >= 0.6 is 0 Å². The molecule has 3 N–H and O–H groups in total. The van der Waals surface area contributed by atoms with Crippen LogP contribution in [-0.4, -0.2) is 0 Å². The van der Waals surface area contributed by atoms with Crippen LogP contribution in [0.25, 0.3) is 0 Å². The Kier molecular flexibility index (Phi) is 4.59. The van der Waals surface area contributed by atoms with Crippen molar-refractivity contribution in [2.75, 3.05) is 0 Å². The molecule has 0 bridgehead atoms. The van der Waals surface area contributed by atoms with E-state index in [0.717, 1.165) is 6.07 Å². The third-order valence-corrected chi connectivity index (χ3v) is 3.22. The molecule has 1 atom stereocenters. The van der Waals surface area contributed by atoms with Crippen LogP contribution in [0.1, 0.15) is 22.7 Å². The molecule has 0 heterocycles. The highest BCUT2D eigenvalue weighted by Gasteiger charge is 2.34. The molecule has 112 valence electrons. The number of halogens is 4. The second kappa shape index (κ2) is 6.24. The minimum absolute atomic E-state index is 0.00393. The number of rotatable bonds is 4. The van der Waals surface area contributed by atoms with Crippen molar-refractivity contribution in [3.63, 3.8) is 0 Å². The fourth-order valence-electron chi connectivity index (χ4n) is 2.20. The van der Waals surface area contributed by atoms with Gasteiger partial charge in [0.25, 0.3) is 0 Å². The van der Waals surface area contributed by atoms with Gasteiger partial charge in [-0.25, -0.2) is 4.39 Å². The molecule has 6 heteroatoms. The first-order valence-electron chi connectivity index (χ1n) is 6.29. The zero-order valence-electron chi connectivity index (χ0n) is 11.0. The van der Waals surface area contributed by atoms with E-state index in [1.165, 1.54) is 36.4 Å². The summed E-state index contributed by atoms with van der Waals surface area (Å²) in [5.41, 5.74) is 1.87. The Bertz CT molecular complexity index is 611. The van der Waals surface area contributed by atoms with Crippen LogP contribution in [0.5, 0.6) is 0 Å². The molecule has 0 aliphatic heterocycles. The molecule has 2 aromatic rings. The smallest absolute Gasteiger partial charge is 0.271 e. The second-order valence-electron chi connectivity index (χ2n) is 4.60. The first kappa shape index (κ1) is 15.5. The highest BCUT2D eigenvalue weighted by atomic mass is 19.4. The number of benzene rings is 2. The summed E-state index contributed by atoms with van der Waals surface area (Å²) >= 11 is 0. The summed E-state index contributed by atoms with van der Waals surface area (Å²) in [7, 11) is 0. The van der Waals surface area contributed by atoms with E-state index in [1.54, 1.807) is 6.07 Å².